The third-order valence-electron chi connectivity index (χ3n) is 2.05. The van der Waals surface area contributed by atoms with E-state index in [-0.39, 0.29) is 6.54 Å². The van der Waals surface area contributed by atoms with E-state index in [4.69, 9.17) is 12.2 Å². The highest BCUT2D eigenvalue weighted by molar-refractivity contribution is 7.91. The van der Waals surface area contributed by atoms with Crippen LogP contribution in [-0.4, -0.2) is 25.8 Å². The third-order valence-corrected chi connectivity index (χ3v) is 5.55. The molecule has 0 aliphatic heterocycles. The van der Waals surface area contributed by atoms with Crippen molar-refractivity contribution in [2.75, 3.05) is 13.1 Å². The van der Waals surface area contributed by atoms with E-state index in [1.807, 2.05) is 0 Å². The molecule has 0 amide bonds. The van der Waals surface area contributed by atoms with Crippen LogP contribution in [-0.2, 0) is 16.6 Å². The summed E-state index contributed by atoms with van der Waals surface area (Å²) in [6, 6.07) is 3.29. The summed E-state index contributed by atoms with van der Waals surface area (Å²) in [6.45, 7) is 2.56. The topological polar surface area (TPSA) is 63.4 Å². The third kappa shape index (κ3) is 2.62. The maximum absolute atomic E-state index is 12.1. The Kier molecular flexibility index (Phi) is 4.50. The summed E-state index contributed by atoms with van der Waals surface area (Å²) in [4.78, 5) is 0.843. The molecule has 0 bridgehead atoms. The molecule has 0 fully saturated rings. The van der Waals surface area contributed by atoms with E-state index >= 15 is 0 Å². The van der Waals surface area contributed by atoms with E-state index in [0.29, 0.717) is 17.3 Å². The van der Waals surface area contributed by atoms with Gasteiger partial charge in [-0.15, -0.1) is 17.8 Å². The molecule has 0 aromatic carbocycles. The first-order chi connectivity index (χ1) is 7.56. The molecule has 88 valence electrons. The summed E-state index contributed by atoms with van der Waals surface area (Å²) >= 11 is 1.19. The first kappa shape index (κ1) is 13.2. The monoisotopic (exact) mass is 258 g/mol. The normalized spacial score (nSPS) is 11.6. The number of hydrogen-bond donors (Lipinski definition) is 1. The Morgan fingerprint density at radius 3 is 2.69 bits per heavy atom. The highest BCUT2D eigenvalue weighted by Gasteiger charge is 2.23. The van der Waals surface area contributed by atoms with E-state index in [1.165, 1.54) is 15.6 Å². The van der Waals surface area contributed by atoms with Crippen molar-refractivity contribution in [3.63, 3.8) is 0 Å². The molecule has 0 saturated carbocycles. The van der Waals surface area contributed by atoms with Crippen LogP contribution in [0.25, 0.3) is 0 Å². The van der Waals surface area contributed by atoms with Crippen molar-refractivity contribution in [2.24, 2.45) is 5.73 Å². The second kappa shape index (κ2) is 5.46. The Labute approximate surface area is 100 Å². The molecule has 1 rings (SSSR count). The Bertz CT molecular complexity index is 485. The summed E-state index contributed by atoms with van der Waals surface area (Å²) in [5, 5.41) is 0. The van der Waals surface area contributed by atoms with Crippen LogP contribution >= 0.6 is 11.3 Å². The lowest BCUT2D eigenvalue weighted by atomic mass is 10.5. The van der Waals surface area contributed by atoms with Crippen LogP contribution in [0.1, 0.15) is 11.8 Å². The van der Waals surface area contributed by atoms with Crippen molar-refractivity contribution in [3.05, 3.63) is 17.0 Å². The zero-order valence-electron chi connectivity index (χ0n) is 9.01. The number of hydrogen-bond acceptors (Lipinski definition) is 4. The number of nitrogens with two attached hydrogens (primary N) is 1. The van der Waals surface area contributed by atoms with Gasteiger partial charge in [0.25, 0.3) is 10.0 Å². The SMILES string of the molecule is C#CCN(CC)S(=O)(=O)c1ccc(CN)s1. The first-order valence-electron chi connectivity index (χ1n) is 4.78. The quantitative estimate of drug-likeness (QED) is 0.796. The number of thiophene rings is 1. The van der Waals surface area contributed by atoms with Gasteiger partial charge in [-0.25, -0.2) is 8.42 Å². The molecular weight excluding hydrogens is 244 g/mol. The Morgan fingerprint density at radius 2 is 2.25 bits per heavy atom. The van der Waals surface area contributed by atoms with Crippen LogP contribution in [0, 0.1) is 12.3 Å². The van der Waals surface area contributed by atoms with Crippen molar-refractivity contribution in [1.82, 2.24) is 4.31 Å². The number of terminal acetylenes is 1. The van der Waals surface area contributed by atoms with E-state index < -0.39 is 10.0 Å². The summed E-state index contributed by atoms with van der Waals surface area (Å²) in [5.41, 5.74) is 5.44. The van der Waals surface area contributed by atoms with E-state index in [2.05, 4.69) is 5.92 Å². The second-order valence-corrected chi connectivity index (χ2v) is 6.39. The standard InChI is InChI=1S/C10H14N2O2S2/c1-3-7-12(4-2)16(13,14)10-6-5-9(8-11)15-10/h1,5-6H,4,7-8,11H2,2H3. The average molecular weight is 258 g/mol. The van der Waals surface area contributed by atoms with Gasteiger partial charge in [0.15, 0.2) is 0 Å². The van der Waals surface area contributed by atoms with Crippen LogP contribution in [0.3, 0.4) is 0 Å². The van der Waals surface area contributed by atoms with E-state index in [1.54, 1.807) is 19.1 Å². The molecule has 0 aliphatic carbocycles. The molecule has 0 atom stereocenters. The highest BCUT2D eigenvalue weighted by Crippen LogP contribution is 2.24. The van der Waals surface area contributed by atoms with Gasteiger partial charge in [0.1, 0.15) is 4.21 Å². The van der Waals surface area contributed by atoms with Crippen LogP contribution < -0.4 is 5.73 Å². The Balaban J connectivity index is 3.05. The maximum Gasteiger partial charge on any atom is 0.253 e. The lowest BCUT2D eigenvalue weighted by Crippen LogP contribution is -2.30. The summed E-state index contributed by atoms with van der Waals surface area (Å²) in [7, 11) is -3.45. The first-order valence-corrected chi connectivity index (χ1v) is 7.04. The van der Waals surface area contributed by atoms with E-state index in [9.17, 15) is 8.42 Å². The predicted octanol–water partition coefficient (Wildman–Crippen LogP) is 0.851. The molecule has 1 aromatic rings. The van der Waals surface area contributed by atoms with Gasteiger partial charge in [-0.3, -0.25) is 0 Å². The van der Waals surface area contributed by atoms with Crippen molar-refractivity contribution in [1.29, 1.82) is 0 Å². The Hall–Kier alpha value is -0.870. The highest BCUT2D eigenvalue weighted by atomic mass is 32.2. The lowest BCUT2D eigenvalue weighted by Gasteiger charge is -2.16. The van der Waals surface area contributed by atoms with Crippen molar-refractivity contribution in [3.8, 4) is 12.3 Å². The summed E-state index contributed by atoms with van der Waals surface area (Å²) < 4.78 is 25.7. The van der Waals surface area contributed by atoms with Gasteiger partial charge in [0.2, 0.25) is 0 Å². The number of nitrogens with zero attached hydrogens (tertiary/aromatic N) is 1. The minimum Gasteiger partial charge on any atom is -0.326 e. The minimum atomic E-state index is -3.45. The summed E-state index contributed by atoms with van der Waals surface area (Å²) in [6.07, 6.45) is 5.14. The van der Waals surface area contributed by atoms with Crippen LogP contribution in [0.5, 0.6) is 0 Å². The Morgan fingerprint density at radius 1 is 1.56 bits per heavy atom. The fourth-order valence-corrected chi connectivity index (χ4v) is 3.95. The lowest BCUT2D eigenvalue weighted by molar-refractivity contribution is 0.466. The predicted molar refractivity (Wildman–Crippen MR) is 65.5 cm³/mol. The van der Waals surface area contributed by atoms with Crippen LogP contribution in [0.4, 0.5) is 0 Å². The molecule has 0 aliphatic rings. The molecule has 16 heavy (non-hydrogen) atoms. The molecule has 1 aromatic heterocycles. The molecule has 0 radical (unpaired) electrons. The smallest absolute Gasteiger partial charge is 0.253 e. The van der Waals surface area contributed by atoms with Crippen LogP contribution in [0.15, 0.2) is 16.3 Å². The van der Waals surface area contributed by atoms with Gasteiger partial charge in [-0.2, -0.15) is 4.31 Å². The fraction of sp³-hybridized carbons (Fsp3) is 0.400. The minimum absolute atomic E-state index is 0.0920. The molecule has 0 saturated heterocycles. The average Bonchev–Trinajstić information content (AvgIpc) is 2.74. The molecular formula is C10H14N2O2S2. The van der Waals surface area contributed by atoms with Crippen LogP contribution in [0.2, 0.25) is 0 Å². The zero-order chi connectivity index (χ0) is 12.2. The molecule has 6 heteroatoms. The molecule has 1 heterocycles. The fourth-order valence-electron chi connectivity index (χ4n) is 1.20. The van der Waals surface area contributed by atoms with Gasteiger partial charge in [-0.1, -0.05) is 12.8 Å². The summed E-state index contributed by atoms with van der Waals surface area (Å²) in [5.74, 6) is 2.34. The van der Waals surface area contributed by atoms with Crippen molar-refractivity contribution < 1.29 is 8.42 Å². The molecule has 4 nitrogen and oxygen atoms in total. The largest absolute Gasteiger partial charge is 0.326 e. The molecule has 0 unspecified atom stereocenters. The maximum atomic E-state index is 12.1. The van der Waals surface area contributed by atoms with Gasteiger partial charge < -0.3 is 5.73 Å². The van der Waals surface area contributed by atoms with Gasteiger partial charge in [0.05, 0.1) is 6.54 Å². The van der Waals surface area contributed by atoms with E-state index in [0.717, 1.165) is 4.88 Å². The van der Waals surface area contributed by atoms with Gasteiger partial charge in [-0.05, 0) is 12.1 Å². The molecule has 2 N–H and O–H groups in total. The number of sulfonamides is 1. The van der Waals surface area contributed by atoms with Gasteiger partial charge in [0, 0.05) is 18.0 Å². The van der Waals surface area contributed by atoms with Crippen molar-refractivity contribution >= 4 is 21.4 Å². The number of rotatable bonds is 5. The second-order valence-electron chi connectivity index (χ2n) is 3.06. The van der Waals surface area contributed by atoms with Gasteiger partial charge >= 0.3 is 0 Å². The molecule has 0 spiro atoms. The van der Waals surface area contributed by atoms with Crippen molar-refractivity contribution in [2.45, 2.75) is 17.7 Å². The zero-order valence-corrected chi connectivity index (χ0v) is 10.6.